The lowest BCUT2D eigenvalue weighted by atomic mass is 9.95. The summed E-state index contributed by atoms with van der Waals surface area (Å²) in [6.07, 6.45) is 2.15. The van der Waals surface area contributed by atoms with E-state index in [1.807, 2.05) is 30.3 Å². The summed E-state index contributed by atoms with van der Waals surface area (Å²) in [5.41, 5.74) is 0.620. The lowest BCUT2D eigenvalue weighted by Crippen LogP contribution is -2.41. The monoisotopic (exact) mass is 399 g/mol. The van der Waals surface area contributed by atoms with Crippen LogP contribution < -0.4 is 5.32 Å². The van der Waals surface area contributed by atoms with Crippen LogP contribution in [0.4, 0.5) is 15.8 Å². The summed E-state index contributed by atoms with van der Waals surface area (Å²) in [7, 11) is 0. The van der Waals surface area contributed by atoms with E-state index < -0.39 is 16.4 Å². The van der Waals surface area contributed by atoms with E-state index in [1.54, 1.807) is 4.90 Å². The number of anilines is 1. The summed E-state index contributed by atoms with van der Waals surface area (Å²) in [6, 6.07) is 13.1. The largest absolute Gasteiger partial charge is 0.343 e. The second kappa shape index (κ2) is 9.27. The van der Waals surface area contributed by atoms with Crippen LogP contribution in [0.15, 0.2) is 48.5 Å². The number of carbonyl (C=O) groups is 2. The first-order valence-electron chi connectivity index (χ1n) is 9.50. The van der Waals surface area contributed by atoms with Gasteiger partial charge >= 0.3 is 5.69 Å². The molecule has 2 aromatic rings. The van der Waals surface area contributed by atoms with Gasteiger partial charge in [-0.15, -0.1) is 0 Å². The summed E-state index contributed by atoms with van der Waals surface area (Å²) in [6.45, 7) is 0.991. The smallest absolute Gasteiger partial charge is 0.306 e. The number of nitrogens with zero attached hydrogens (tertiary/aromatic N) is 2. The van der Waals surface area contributed by atoms with Crippen LogP contribution in [0.25, 0.3) is 0 Å². The quantitative estimate of drug-likeness (QED) is 0.594. The molecule has 2 aromatic carbocycles. The molecule has 0 spiro atoms. The van der Waals surface area contributed by atoms with Crippen molar-refractivity contribution >= 4 is 23.2 Å². The maximum absolute atomic E-state index is 13.4. The zero-order valence-electron chi connectivity index (χ0n) is 15.8. The Hall–Kier alpha value is -3.29. The van der Waals surface area contributed by atoms with Crippen molar-refractivity contribution in [3.05, 3.63) is 70.0 Å². The number of aryl methyl sites for hydroxylation is 1. The summed E-state index contributed by atoms with van der Waals surface area (Å²) in [5, 5.41) is 13.4. The molecular formula is C21H22FN3O4. The molecule has 152 valence electrons. The molecule has 29 heavy (non-hydrogen) atoms. The van der Waals surface area contributed by atoms with Gasteiger partial charge in [-0.1, -0.05) is 30.3 Å². The molecular weight excluding hydrogens is 377 g/mol. The van der Waals surface area contributed by atoms with Gasteiger partial charge in [0.15, 0.2) is 0 Å². The molecule has 0 bridgehead atoms. The number of carbonyl (C=O) groups excluding carboxylic acids is 2. The number of likely N-dealkylation sites (tertiary alicyclic amines) is 1. The highest BCUT2D eigenvalue weighted by molar-refractivity contribution is 5.93. The first kappa shape index (κ1) is 20.4. The number of nitrogens with one attached hydrogen (secondary N) is 1. The lowest BCUT2D eigenvalue weighted by Gasteiger charge is -2.31. The lowest BCUT2D eigenvalue weighted by molar-refractivity contribution is -0.387. The first-order chi connectivity index (χ1) is 13.9. The Bertz CT molecular complexity index is 896. The Kier molecular flexibility index (Phi) is 6.54. The van der Waals surface area contributed by atoms with E-state index in [9.17, 15) is 24.1 Å². The van der Waals surface area contributed by atoms with Crippen molar-refractivity contribution in [2.45, 2.75) is 25.7 Å². The molecule has 0 atom stereocenters. The van der Waals surface area contributed by atoms with Crippen LogP contribution in [0.1, 0.15) is 24.8 Å². The summed E-state index contributed by atoms with van der Waals surface area (Å²) in [5.74, 6) is -1.45. The fraction of sp³-hybridized carbons (Fsp3) is 0.333. The SMILES string of the molecule is O=C(Nc1ccc(F)c([N+](=O)[O-])c1)C1CCN(C(=O)CCc2ccccc2)CC1. The number of rotatable bonds is 6. The van der Waals surface area contributed by atoms with E-state index in [0.717, 1.165) is 17.7 Å². The molecule has 0 saturated carbocycles. The molecule has 0 aromatic heterocycles. The topological polar surface area (TPSA) is 92.5 Å². The molecule has 1 N–H and O–H groups in total. The minimum atomic E-state index is -0.949. The summed E-state index contributed by atoms with van der Waals surface area (Å²) >= 11 is 0. The van der Waals surface area contributed by atoms with Gasteiger partial charge in [-0.3, -0.25) is 19.7 Å². The van der Waals surface area contributed by atoms with Gasteiger partial charge in [0.2, 0.25) is 17.6 Å². The van der Waals surface area contributed by atoms with E-state index in [1.165, 1.54) is 6.07 Å². The summed E-state index contributed by atoms with van der Waals surface area (Å²) < 4.78 is 13.4. The molecule has 1 aliphatic heterocycles. The Balaban J connectivity index is 1.48. The van der Waals surface area contributed by atoms with Gasteiger partial charge < -0.3 is 10.2 Å². The Morgan fingerprint density at radius 3 is 2.48 bits per heavy atom. The van der Waals surface area contributed by atoms with Crippen LogP contribution in [0.5, 0.6) is 0 Å². The van der Waals surface area contributed by atoms with Crippen LogP contribution in [-0.2, 0) is 16.0 Å². The highest BCUT2D eigenvalue weighted by atomic mass is 19.1. The predicted octanol–water partition coefficient (Wildman–Crippen LogP) is 3.54. The van der Waals surface area contributed by atoms with Crippen LogP contribution in [0, 0.1) is 21.8 Å². The van der Waals surface area contributed by atoms with Gasteiger partial charge in [-0.25, -0.2) is 0 Å². The highest BCUT2D eigenvalue weighted by Gasteiger charge is 2.27. The van der Waals surface area contributed by atoms with Crippen molar-refractivity contribution in [2.75, 3.05) is 18.4 Å². The maximum atomic E-state index is 13.4. The van der Waals surface area contributed by atoms with Crippen molar-refractivity contribution in [3.8, 4) is 0 Å². The third kappa shape index (κ3) is 5.37. The Morgan fingerprint density at radius 1 is 1.14 bits per heavy atom. The zero-order chi connectivity index (χ0) is 20.8. The fourth-order valence-corrected chi connectivity index (χ4v) is 3.42. The number of halogens is 1. The van der Waals surface area contributed by atoms with E-state index >= 15 is 0 Å². The van der Waals surface area contributed by atoms with E-state index in [4.69, 9.17) is 0 Å². The number of amides is 2. The minimum absolute atomic E-state index is 0.0712. The van der Waals surface area contributed by atoms with Crippen molar-refractivity contribution in [3.63, 3.8) is 0 Å². The van der Waals surface area contributed by atoms with Crippen LogP contribution in [-0.4, -0.2) is 34.7 Å². The van der Waals surface area contributed by atoms with Crippen LogP contribution in [0.2, 0.25) is 0 Å². The van der Waals surface area contributed by atoms with Crippen LogP contribution in [0.3, 0.4) is 0 Å². The van der Waals surface area contributed by atoms with Crippen molar-refractivity contribution in [1.82, 2.24) is 4.90 Å². The number of benzene rings is 2. The van der Waals surface area contributed by atoms with Gasteiger partial charge in [0, 0.05) is 37.2 Å². The maximum Gasteiger partial charge on any atom is 0.306 e. The molecule has 0 unspecified atom stereocenters. The normalized spacial score (nSPS) is 14.4. The fourth-order valence-electron chi connectivity index (χ4n) is 3.42. The van der Waals surface area contributed by atoms with Crippen molar-refractivity contribution in [2.24, 2.45) is 5.92 Å². The van der Waals surface area contributed by atoms with E-state index in [2.05, 4.69) is 5.32 Å². The number of hydrogen-bond donors (Lipinski definition) is 1. The molecule has 1 fully saturated rings. The third-order valence-corrected chi connectivity index (χ3v) is 5.10. The number of nitro benzene ring substituents is 1. The molecule has 7 nitrogen and oxygen atoms in total. The van der Waals surface area contributed by atoms with Gasteiger partial charge in [-0.2, -0.15) is 4.39 Å². The molecule has 1 heterocycles. The number of nitro groups is 1. The molecule has 8 heteroatoms. The van der Waals surface area contributed by atoms with Gasteiger partial charge in [0.1, 0.15) is 0 Å². The molecule has 2 amide bonds. The van der Waals surface area contributed by atoms with Crippen LogP contribution >= 0.6 is 0 Å². The average molecular weight is 399 g/mol. The van der Waals surface area contributed by atoms with Gasteiger partial charge in [0.05, 0.1) is 4.92 Å². The van der Waals surface area contributed by atoms with E-state index in [-0.39, 0.29) is 23.4 Å². The first-order valence-corrected chi connectivity index (χ1v) is 9.50. The average Bonchev–Trinajstić information content (AvgIpc) is 2.74. The van der Waals surface area contributed by atoms with Gasteiger partial charge in [0.25, 0.3) is 0 Å². The number of piperidine rings is 1. The third-order valence-electron chi connectivity index (χ3n) is 5.10. The van der Waals surface area contributed by atoms with Gasteiger partial charge in [-0.05, 0) is 37.0 Å². The molecule has 1 saturated heterocycles. The minimum Gasteiger partial charge on any atom is -0.343 e. The van der Waals surface area contributed by atoms with E-state index in [0.29, 0.717) is 38.8 Å². The Morgan fingerprint density at radius 2 is 1.83 bits per heavy atom. The molecule has 3 rings (SSSR count). The van der Waals surface area contributed by atoms with Crippen molar-refractivity contribution < 1.29 is 18.9 Å². The predicted molar refractivity (Wildman–Crippen MR) is 106 cm³/mol. The van der Waals surface area contributed by atoms with Crippen molar-refractivity contribution in [1.29, 1.82) is 0 Å². The second-order valence-electron chi connectivity index (χ2n) is 7.05. The molecule has 0 radical (unpaired) electrons. The zero-order valence-corrected chi connectivity index (χ0v) is 15.8. The second-order valence-corrected chi connectivity index (χ2v) is 7.05. The summed E-state index contributed by atoms with van der Waals surface area (Å²) in [4.78, 5) is 36.6. The number of hydrogen-bond acceptors (Lipinski definition) is 4. The Labute approximate surface area is 167 Å². The standard InChI is InChI=1S/C21H22FN3O4/c22-18-8-7-17(14-19(18)25(28)29)23-21(27)16-10-12-24(13-11-16)20(26)9-6-15-4-2-1-3-5-15/h1-5,7-8,14,16H,6,9-13H2,(H,23,27). The molecule has 0 aliphatic carbocycles. The molecule has 1 aliphatic rings. The highest BCUT2D eigenvalue weighted by Crippen LogP contribution is 2.24.